The number of anilines is 1. The molecule has 1 aromatic heterocycles. The molecule has 0 saturated carbocycles. The highest BCUT2D eigenvalue weighted by Gasteiger charge is 2.21. The molecule has 2 aromatic rings. The molecule has 8 heteroatoms. The molecule has 22 heavy (non-hydrogen) atoms. The highest BCUT2D eigenvalue weighted by molar-refractivity contribution is 7.92. The molecule has 1 N–H and O–H groups in total. The second-order valence-corrected chi connectivity index (χ2v) is 6.29. The lowest BCUT2D eigenvalue weighted by molar-refractivity contribution is 0.395. The predicted molar refractivity (Wildman–Crippen MR) is 83.0 cm³/mol. The van der Waals surface area contributed by atoms with Crippen molar-refractivity contribution >= 4 is 15.7 Å². The van der Waals surface area contributed by atoms with Crippen molar-refractivity contribution in [3.8, 4) is 11.5 Å². The number of nitrogens with zero attached hydrogens (tertiary/aromatic N) is 2. The van der Waals surface area contributed by atoms with Gasteiger partial charge in [0.1, 0.15) is 16.4 Å². The normalized spacial score (nSPS) is 11.3. The van der Waals surface area contributed by atoms with E-state index in [1.54, 1.807) is 29.8 Å². The Labute approximate surface area is 129 Å². The van der Waals surface area contributed by atoms with Crippen molar-refractivity contribution in [2.75, 3.05) is 18.9 Å². The smallest absolute Gasteiger partial charge is 0.265 e. The third-order valence-electron chi connectivity index (χ3n) is 3.12. The maximum Gasteiger partial charge on any atom is 0.265 e. The summed E-state index contributed by atoms with van der Waals surface area (Å²) in [6, 6.07) is 4.83. The monoisotopic (exact) mass is 325 g/mol. The molecule has 0 fully saturated rings. The van der Waals surface area contributed by atoms with Crippen molar-refractivity contribution in [2.45, 2.75) is 25.3 Å². The number of rotatable bonds is 6. The molecule has 0 aliphatic carbocycles. The molecule has 7 nitrogen and oxygen atoms in total. The van der Waals surface area contributed by atoms with E-state index in [-0.39, 0.29) is 4.90 Å². The average molecular weight is 325 g/mol. The van der Waals surface area contributed by atoms with E-state index in [2.05, 4.69) is 9.82 Å². The summed E-state index contributed by atoms with van der Waals surface area (Å²) >= 11 is 0. The van der Waals surface area contributed by atoms with Gasteiger partial charge in [-0.25, -0.2) is 8.42 Å². The van der Waals surface area contributed by atoms with Gasteiger partial charge in [0.2, 0.25) is 0 Å². The Morgan fingerprint density at radius 1 is 1.18 bits per heavy atom. The van der Waals surface area contributed by atoms with Crippen LogP contribution < -0.4 is 14.2 Å². The van der Waals surface area contributed by atoms with Crippen LogP contribution in [0.25, 0.3) is 0 Å². The lowest BCUT2D eigenvalue weighted by Crippen LogP contribution is -2.13. The standard InChI is InChI=1S/C14H19N3O4S/c1-5-17-9-14(10(2)15-17)22(18,19)16-11-6-12(20-3)8-13(7-11)21-4/h6-9,16H,5H2,1-4H3. The summed E-state index contributed by atoms with van der Waals surface area (Å²) in [6.45, 7) is 4.15. The second-order valence-electron chi connectivity index (χ2n) is 4.64. The van der Waals surface area contributed by atoms with Crippen LogP contribution in [0.5, 0.6) is 11.5 Å². The SMILES string of the molecule is CCn1cc(S(=O)(=O)Nc2cc(OC)cc(OC)c2)c(C)n1. The van der Waals surface area contributed by atoms with Crippen LogP contribution in [0.2, 0.25) is 0 Å². The zero-order valence-corrected chi connectivity index (χ0v) is 13.8. The van der Waals surface area contributed by atoms with Crippen LogP contribution in [0.4, 0.5) is 5.69 Å². The zero-order chi connectivity index (χ0) is 16.3. The van der Waals surface area contributed by atoms with Crippen molar-refractivity contribution in [3.63, 3.8) is 0 Å². The summed E-state index contributed by atoms with van der Waals surface area (Å²) in [6.07, 6.45) is 1.51. The van der Waals surface area contributed by atoms with Gasteiger partial charge >= 0.3 is 0 Å². The van der Waals surface area contributed by atoms with Gasteiger partial charge in [0, 0.05) is 30.9 Å². The number of sulfonamides is 1. The molecule has 2 rings (SSSR count). The average Bonchev–Trinajstić information content (AvgIpc) is 2.88. The molecule has 0 atom stereocenters. The highest BCUT2D eigenvalue weighted by atomic mass is 32.2. The van der Waals surface area contributed by atoms with Crippen LogP contribution in [0.3, 0.4) is 0 Å². The third-order valence-corrected chi connectivity index (χ3v) is 4.60. The molecule has 120 valence electrons. The maximum atomic E-state index is 12.5. The summed E-state index contributed by atoms with van der Waals surface area (Å²) < 4.78 is 39.4. The van der Waals surface area contributed by atoms with Crippen molar-refractivity contribution in [1.82, 2.24) is 9.78 Å². The van der Waals surface area contributed by atoms with Gasteiger partial charge in [-0.1, -0.05) is 0 Å². The Morgan fingerprint density at radius 3 is 2.23 bits per heavy atom. The van der Waals surface area contributed by atoms with Crippen LogP contribution in [-0.2, 0) is 16.6 Å². The first-order chi connectivity index (χ1) is 10.4. The Balaban J connectivity index is 2.37. The Hall–Kier alpha value is -2.22. The number of aromatic nitrogens is 2. The topological polar surface area (TPSA) is 82.5 Å². The Bertz CT molecular complexity index is 746. The first-order valence-corrected chi connectivity index (χ1v) is 8.18. The predicted octanol–water partition coefficient (Wildman–Crippen LogP) is 2.03. The zero-order valence-electron chi connectivity index (χ0n) is 13.0. The molecule has 1 aromatic carbocycles. The molecule has 1 heterocycles. The Kier molecular flexibility index (Phi) is 4.60. The lowest BCUT2D eigenvalue weighted by atomic mass is 10.3. The van der Waals surface area contributed by atoms with E-state index < -0.39 is 10.0 Å². The summed E-state index contributed by atoms with van der Waals surface area (Å²) in [5, 5.41) is 4.15. The van der Waals surface area contributed by atoms with E-state index in [1.165, 1.54) is 20.4 Å². The number of hydrogen-bond acceptors (Lipinski definition) is 5. The van der Waals surface area contributed by atoms with Crippen LogP contribution >= 0.6 is 0 Å². The Morgan fingerprint density at radius 2 is 1.77 bits per heavy atom. The third kappa shape index (κ3) is 3.33. The number of hydrogen-bond donors (Lipinski definition) is 1. The highest BCUT2D eigenvalue weighted by Crippen LogP contribution is 2.27. The van der Waals surface area contributed by atoms with Crippen LogP contribution in [0.15, 0.2) is 29.3 Å². The van der Waals surface area contributed by atoms with Gasteiger partial charge in [-0.3, -0.25) is 9.40 Å². The molecular formula is C14H19N3O4S. The molecule has 0 aliphatic rings. The molecule has 0 radical (unpaired) electrons. The minimum absolute atomic E-state index is 0.149. The van der Waals surface area contributed by atoms with E-state index in [1.807, 2.05) is 6.92 Å². The van der Waals surface area contributed by atoms with Crippen molar-refractivity contribution < 1.29 is 17.9 Å². The van der Waals surface area contributed by atoms with Gasteiger partial charge in [0.05, 0.1) is 25.6 Å². The fourth-order valence-electron chi connectivity index (χ4n) is 2.00. The fourth-order valence-corrected chi connectivity index (χ4v) is 3.23. The fraction of sp³-hybridized carbons (Fsp3) is 0.357. The molecular weight excluding hydrogens is 306 g/mol. The van der Waals surface area contributed by atoms with Gasteiger partial charge in [-0.05, 0) is 13.8 Å². The molecule has 0 aliphatic heterocycles. The van der Waals surface area contributed by atoms with Crippen LogP contribution in [0.1, 0.15) is 12.6 Å². The summed E-state index contributed by atoms with van der Waals surface area (Å²) in [5.74, 6) is 0.996. The van der Waals surface area contributed by atoms with E-state index in [0.29, 0.717) is 29.4 Å². The largest absolute Gasteiger partial charge is 0.497 e. The summed E-state index contributed by atoms with van der Waals surface area (Å²) in [4.78, 5) is 0.149. The van der Waals surface area contributed by atoms with Gasteiger partial charge in [0.25, 0.3) is 10.0 Å². The number of aryl methyl sites for hydroxylation is 2. The first kappa shape index (κ1) is 16.2. The lowest BCUT2D eigenvalue weighted by Gasteiger charge is -2.10. The molecule has 0 bridgehead atoms. The molecule has 0 spiro atoms. The van der Waals surface area contributed by atoms with Gasteiger partial charge in [-0.2, -0.15) is 5.10 Å². The minimum atomic E-state index is -3.73. The van der Waals surface area contributed by atoms with Crippen LogP contribution in [0, 0.1) is 6.92 Å². The maximum absolute atomic E-state index is 12.5. The van der Waals surface area contributed by atoms with E-state index in [9.17, 15) is 8.42 Å². The molecule has 0 amide bonds. The van der Waals surface area contributed by atoms with Crippen molar-refractivity contribution in [3.05, 3.63) is 30.1 Å². The van der Waals surface area contributed by atoms with E-state index >= 15 is 0 Å². The number of ether oxygens (including phenoxy) is 2. The van der Waals surface area contributed by atoms with Crippen molar-refractivity contribution in [1.29, 1.82) is 0 Å². The van der Waals surface area contributed by atoms with Crippen LogP contribution in [-0.4, -0.2) is 32.4 Å². The van der Waals surface area contributed by atoms with Crippen molar-refractivity contribution in [2.24, 2.45) is 0 Å². The molecule has 0 unspecified atom stereocenters. The minimum Gasteiger partial charge on any atom is -0.497 e. The van der Waals surface area contributed by atoms with Gasteiger partial charge in [-0.15, -0.1) is 0 Å². The summed E-state index contributed by atoms with van der Waals surface area (Å²) in [7, 11) is -0.723. The number of methoxy groups -OCH3 is 2. The van der Waals surface area contributed by atoms with Gasteiger partial charge < -0.3 is 9.47 Å². The number of nitrogens with one attached hydrogen (secondary N) is 1. The summed E-state index contributed by atoms with van der Waals surface area (Å²) in [5.41, 5.74) is 0.809. The van der Waals surface area contributed by atoms with E-state index in [4.69, 9.17) is 9.47 Å². The quantitative estimate of drug-likeness (QED) is 0.878. The van der Waals surface area contributed by atoms with E-state index in [0.717, 1.165) is 0 Å². The van der Waals surface area contributed by atoms with Gasteiger partial charge in [0.15, 0.2) is 0 Å². The second kappa shape index (κ2) is 6.27. The number of benzene rings is 1. The molecule has 0 saturated heterocycles. The first-order valence-electron chi connectivity index (χ1n) is 6.69.